The molecule has 0 fully saturated rings. The van der Waals surface area contributed by atoms with Crippen molar-refractivity contribution in [1.29, 1.82) is 0 Å². The molecule has 0 saturated carbocycles. The Labute approximate surface area is 312 Å². The van der Waals surface area contributed by atoms with Crippen molar-refractivity contribution in [1.82, 2.24) is 0 Å². The van der Waals surface area contributed by atoms with Crippen molar-refractivity contribution in [3.63, 3.8) is 0 Å². The van der Waals surface area contributed by atoms with Crippen LogP contribution in [0.15, 0.2) is 170 Å². The molecule has 2 atom stereocenters. The molecule has 2 nitrogen and oxygen atoms in total. The zero-order chi connectivity index (χ0) is 35.7. The summed E-state index contributed by atoms with van der Waals surface area (Å²) >= 11 is 0. The molecule has 54 heavy (non-hydrogen) atoms. The smallest absolute Gasteiger partial charge is 0.195 e. The monoisotopic (exact) mass is 686 g/mol. The lowest BCUT2D eigenvalue weighted by Crippen LogP contribution is -2.13. The molecule has 8 aromatic rings. The SMILES string of the molecule is O=C1C(c2ccccc2)=C2C(=C1c1ccccc1)c1cc3c4cccc5c4c(cc3c3cccc2c13)C1=C(c2ccccc2)C(=O)C(c2ccccc2)C15. The maximum Gasteiger partial charge on any atom is 0.195 e. The van der Waals surface area contributed by atoms with E-state index in [1.807, 2.05) is 72.8 Å². The first kappa shape index (κ1) is 29.7. The van der Waals surface area contributed by atoms with E-state index < -0.39 is 0 Å². The highest BCUT2D eigenvalue weighted by Crippen LogP contribution is 2.63. The first-order valence-corrected chi connectivity index (χ1v) is 18.7. The summed E-state index contributed by atoms with van der Waals surface area (Å²) in [5, 5.41) is 7.10. The Morgan fingerprint density at radius 3 is 1.46 bits per heavy atom. The molecule has 0 N–H and O–H groups in total. The molecular weight excluding hydrogens is 657 g/mol. The molecule has 250 valence electrons. The average molecular weight is 687 g/mol. The zero-order valence-electron chi connectivity index (χ0n) is 29.1. The van der Waals surface area contributed by atoms with Crippen molar-refractivity contribution >= 4 is 77.3 Å². The summed E-state index contributed by atoms with van der Waals surface area (Å²) in [6.45, 7) is 0. The largest absolute Gasteiger partial charge is 0.293 e. The van der Waals surface area contributed by atoms with E-state index in [0.717, 1.165) is 72.4 Å². The fourth-order valence-corrected chi connectivity index (χ4v) is 10.3. The number of fused-ring (bicyclic) bond motifs is 9. The Morgan fingerprint density at radius 1 is 0.352 bits per heavy atom. The van der Waals surface area contributed by atoms with Crippen LogP contribution in [0.1, 0.15) is 56.3 Å². The summed E-state index contributed by atoms with van der Waals surface area (Å²) in [6.07, 6.45) is 0. The molecule has 0 aromatic heterocycles. The van der Waals surface area contributed by atoms with E-state index in [0.29, 0.717) is 0 Å². The van der Waals surface area contributed by atoms with Gasteiger partial charge in [-0.25, -0.2) is 0 Å². The van der Waals surface area contributed by atoms with Crippen molar-refractivity contribution in [3.05, 3.63) is 214 Å². The quantitative estimate of drug-likeness (QED) is 0.173. The van der Waals surface area contributed by atoms with E-state index in [9.17, 15) is 9.59 Å². The third-order valence-corrected chi connectivity index (χ3v) is 12.3. The van der Waals surface area contributed by atoms with Gasteiger partial charge in [0.1, 0.15) is 0 Å². The number of ketones is 2. The summed E-state index contributed by atoms with van der Waals surface area (Å²) in [5.41, 5.74) is 14.1. The topological polar surface area (TPSA) is 34.1 Å². The number of allylic oxidation sites excluding steroid dienone is 6. The first-order chi connectivity index (χ1) is 26.7. The molecule has 2 unspecified atom stereocenters. The molecule has 0 amide bonds. The first-order valence-electron chi connectivity index (χ1n) is 18.7. The van der Waals surface area contributed by atoms with Gasteiger partial charge in [-0.2, -0.15) is 0 Å². The molecule has 4 aliphatic rings. The molecule has 0 bridgehead atoms. The van der Waals surface area contributed by atoms with Crippen molar-refractivity contribution < 1.29 is 9.59 Å². The van der Waals surface area contributed by atoms with Crippen LogP contribution in [-0.2, 0) is 9.59 Å². The minimum absolute atomic E-state index is 0.0744. The maximum atomic E-state index is 14.8. The number of Topliss-reactive ketones (excluding diaryl/α,β-unsaturated/α-hetero) is 2. The van der Waals surface area contributed by atoms with Crippen molar-refractivity contribution in [3.8, 4) is 0 Å². The summed E-state index contributed by atoms with van der Waals surface area (Å²) < 4.78 is 0. The number of carbonyl (C=O) groups excluding carboxylic acids is 2. The molecule has 2 heteroatoms. The van der Waals surface area contributed by atoms with Gasteiger partial charge >= 0.3 is 0 Å². The number of hydrogen-bond acceptors (Lipinski definition) is 2. The van der Waals surface area contributed by atoms with Crippen LogP contribution in [0.2, 0.25) is 0 Å². The van der Waals surface area contributed by atoms with E-state index >= 15 is 0 Å². The van der Waals surface area contributed by atoms with Crippen LogP contribution in [0.5, 0.6) is 0 Å². The normalized spacial score (nSPS) is 18.2. The van der Waals surface area contributed by atoms with Crippen LogP contribution in [0, 0.1) is 0 Å². The van der Waals surface area contributed by atoms with Crippen LogP contribution in [0.3, 0.4) is 0 Å². The van der Waals surface area contributed by atoms with Gasteiger partial charge in [0.2, 0.25) is 0 Å². The predicted octanol–water partition coefficient (Wildman–Crippen LogP) is 11.9. The molecule has 0 saturated heterocycles. The van der Waals surface area contributed by atoms with Gasteiger partial charge in [0, 0.05) is 33.8 Å². The van der Waals surface area contributed by atoms with Gasteiger partial charge in [-0.3, -0.25) is 9.59 Å². The highest BCUT2D eigenvalue weighted by Gasteiger charge is 2.49. The Morgan fingerprint density at radius 2 is 0.852 bits per heavy atom. The van der Waals surface area contributed by atoms with Gasteiger partial charge in [0.05, 0.1) is 5.92 Å². The Kier molecular flexibility index (Phi) is 5.94. The van der Waals surface area contributed by atoms with E-state index in [1.165, 1.54) is 37.9 Å². The maximum absolute atomic E-state index is 14.8. The summed E-state index contributed by atoms with van der Waals surface area (Å²) in [6, 6.07) is 58.8. The van der Waals surface area contributed by atoms with Crippen molar-refractivity contribution in [2.45, 2.75) is 11.8 Å². The fraction of sp³-hybridized carbons (Fsp3) is 0.0385. The lowest BCUT2D eigenvalue weighted by molar-refractivity contribution is -0.114. The number of hydrogen-bond donors (Lipinski definition) is 0. The van der Waals surface area contributed by atoms with Crippen LogP contribution >= 0.6 is 0 Å². The molecule has 0 spiro atoms. The highest BCUT2D eigenvalue weighted by molar-refractivity contribution is 6.61. The van der Waals surface area contributed by atoms with Crippen molar-refractivity contribution in [2.75, 3.05) is 0 Å². The van der Waals surface area contributed by atoms with Gasteiger partial charge in [-0.1, -0.05) is 158 Å². The second-order valence-corrected chi connectivity index (χ2v) is 14.9. The van der Waals surface area contributed by atoms with E-state index in [1.54, 1.807) is 0 Å². The lowest BCUT2D eigenvalue weighted by Gasteiger charge is -2.19. The number of benzene rings is 8. The third kappa shape index (κ3) is 3.74. The molecule has 8 aromatic carbocycles. The number of rotatable bonds is 4. The molecule has 0 radical (unpaired) electrons. The second-order valence-electron chi connectivity index (χ2n) is 14.9. The van der Waals surface area contributed by atoms with E-state index in [4.69, 9.17) is 0 Å². The average Bonchev–Trinajstić information content (AvgIpc) is 3.92. The summed E-state index contributed by atoms with van der Waals surface area (Å²) in [5.74, 6) is -0.121. The minimum atomic E-state index is -0.303. The van der Waals surface area contributed by atoms with Gasteiger partial charge in [0.15, 0.2) is 11.6 Å². The lowest BCUT2D eigenvalue weighted by atomic mass is 9.82. The van der Waals surface area contributed by atoms with Crippen LogP contribution in [0.25, 0.3) is 65.8 Å². The molecule has 4 aliphatic carbocycles. The Hall–Kier alpha value is -6.90. The van der Waals surface area contributed by atoms with Crippen LogP contribution in [-0.4, -0.2) is 11.6 Å². The van der Waals surface area contributed by atoms with Crippen molar-refractivity contribution in [2.24, 2.45) is 0 Å². The highest BCUT2D eigenvalue weighted by atomic mass is 16.1. The van der Waals surface area contributed by atoms with Gasteiger partial charge in [-0.15, -0.1) is 0 Å². The molecular formula is C52H30O2. The Bertz CT molecular complexity index is 3090. The van der Waals surface area contributed by atoms with Gasteiger partial charge < -0.3 is 0 Å². The number of carbonyl (C=O) groups is 2. The minimum Gasteiger partial charge on any atom is -0.293 e. The summed E-state index contributed by atoms with van der Waals surface area (Å²) in [7, 11) is 0. The van der Waals surface area contributed by atoms with Gasteiger partial charge in [-0.05, 0) is 94.5 Å². The van der Waals surface area contributed by atoms with Crippen LogP contribution in [0.4, 0.5) is 0 Å². The molecule has 0 aliphatic heterocycles. The Balaban J connectivity index is 1.20. The fourth-order valence-electron chi connectivity index (χ4n) is 10.3. The summed E-state index contributed by atoms with van der Waals surface area (Å²) in [4.78, 5) is 29.5. The molecule has 0 heterocycles. The second kappa shape index (κ2) is 10.8. The molecule has 12 rings (SSSR count). The van der Waals surface area contributed by atoms with Crippen LogP contribution < -0.4 is 0 Å². The van der Waals surface area contributed by atoms with Gasteiger partial charge in [0.25, 0.3) is 0 Å². The van der Waals surface area contributed by atoms with E-state index in [-0.39, 0.29) is 23.4 Å². The zero-order valence-corrected chi connectivity index (χ0v) is 29.1. The van der Waals surface area contributed by atoms with E-state index in [2.05, 4.69) is 97.1 Å². The standard InChI is InChI=1S/C52H30O2/c53-51-41(29-15-5-1-6-16-29)47-35-25-13-23-33-38-28-40-46-34(37(38)27-39(45(33)35)49(47)43(51)31-19-9-3-10-20-31)24-14-26-36(46)48-42(30-17-7-2-8-18-30)52(54)44(50(40)48)32-21-11-4-12-22-32/h1-28,41,47H. The predicted molar refractivity (Wildman–Crippen MR) is 221 cm³/mol. The third-order valence-electron chi connectivity index (χ3n) is 12.3.